The molecule has 0 aromatic heterocycles. The SMILES string of the molecule is CC(=O)Nc1ccc(Cl)cc1NC(=O)CNC(=O)CN.Cl. The van der Waals surface area contributed by atoms with Gasteiger partial charge >= 0.3 is 0 Å². The Bertz CT molecular complexity index is 537. The highest BCUT2D eigenvalue weighted by Gasteiger charge is 2.09. The maximum absolute atomic E-state index is 11.7. The highest BCUT2D eigenvalue weighted by atomic mass is 35.5. The van der Waals surface area contributed by atoms with Crippen LogP contribution in [0.4, 0.5) is 11.4 Å². The number of benzene rings is 1. The predicted octanol–water partition coefficient (Wildman–Crippen LogP) is 0.734. The fourth-order valence-electron chi connectivity index (χ4n) is 1.36. The van der Waals surface area contributed by atoms with Crippen molar-refractivity contribution in [3.8, 4) is 0 Å². The molecule has 0 bridgehead atoms. The quantitative estimate of drug-likeness (QED) is 0.635. The third kappa shape index (κ3) is 6.94. The molecule has 0 aliphatic carbocycles. The van der Waals surface area contributed by atoms with Crippen LogP contribution in [0.2, 0.25) is 5.02 Å². The van der Waals surface area contributed by atoms with Crippen LogP contribution < -0.4 is 21.7 Å². The summed E-state index contributed by atoms with van der Waals surface area (Å²) in [5.74, 6) is -1.17. The first kappa shape index (κ1) is 19.2. The molecule has 3 amide bonds. The Morgan fingerprint density at radius 3 is 2.38 bits per heavy atom. The Morgan fingerprint density at radius 1 is 1.14 bits per heavy atom. The Hall–Kier alpha value is -1.83. The second-order valence-corrected chi connectivity index (χ2v) is 4.34. The molecular formula is C12H16Cl2N4O3. The molecule has 0 heterocycles. The van der Waals surface area contributed by atoms with Crippen LogP contribution in [0, 0.1) is 0 Å². The van der Waals surface area contributed by atoms with E-state index >= 15 is 0 Å². The van der Waals surface area contributed by atoms with Gasteiger partial charge in [-0.25, -0.2) is 0 Å². The minimum atomic E-state index is -0.458. The number of anilines is 2. The van der Waals surface area contributed by atoms with Crippen LogP contribution in [-0.4, -0.2) is 30.8 Å². The second kappa shape index (κ2) is 9.17. The van der Waals surface area contributed by atoms with E-state index in [9.17, 15) is 14.4 Å². The van der Waals surface area contributed by atoms with Crippen molar-refractivity contribution >= 4 is 53.1 Å². The summed E-state index contributed by atoms with van der Waals surface area (Å²) in [5, 5.41) is 7.84. The lowest BCUT2D eigenvalue weighted by Crippen LogP contribution is -2.36. The minimum absolute atomic E-state index is 0. The number of rotatable bonds is 5. The van der Waals surface area contributed by atoms with Crippen LogP contribution in [0.5, 0.6) is 0 Å². The lowest BCUT2D eigenvalue weighted by Gasteiger charge is -2.12. The molecule has 0 fully saturated rings. The van der Waals surface area contributed by atoms with Gasteiger partial charge in [-0.2, -0.15) is 0 Å². The average molecular weight is 335 g/mol. The zero-order chi connectivity index (χ0) is 15.1. The first-order valence-corrected chi connectivity index (χ1v) is 6.14. The van der Waals surface area contributed by atoms with Gasteiger partial charge in [0.15, 0.2) is 0 Å². The molecule has 116 valence electrons. The van der Waals surface area contributed by atoms with Gasteiger partial charge in [-0.1, -0.05) is 11.6 Å². The number of hydrogen-bond acceptors (Lipinski definition) is 4. The van der Waals surface area contributed by atoms with Crippen molar-refractivity contribution in [2.45, 2.75) is 6.92 Å². The Labute approximate surface area is 133 Å². The van der Waals surface area contributed by atoms with Gasteiger partial charge in [-0.05, 0) is 18.2 Å². The highest BCUT2D eigenvalue weighted by Crippen LogP contribution is 2.25. The minimum Gasteiger partial charge on any atom is -0.346 e. The number of hydrogen-bond donors (Lipinski definition) is 4. The molecule has 0 unspecified atom stereocenters. The van der Waals surface area contributed by atoms with Crippen LogP contribution in [0.1, 0.15) is 6.92 Å². The van der Waals surface area contributed by atoms with E-state index in [1.165, 1.54) is 13.0 Å². The molecule has 1 rings (SSSR count). The normalized spacial score (nSPS) is 9.29. The zero-order valence-electron chi connectivity index (χ0n) is 11.2. The van der Waals surface area contributed by atoms with E-state index in [1.54, 1.807) is 12.1 Å². The van der Waals surface area contributed by atoms with Gasteiger partial charge in [0.05, 0.1) is 24.5 Å². The smallest absolute Gasteiger partial charge is 0.243 e. The Balaban J connectivity index is 0.00000400. The molecule has 0 aliphatic heterocycles. The molecule has 0 saturated heterocycles. The maximum atomic E-state index is 11.7. The molecule has 1 aromatic rings. The van der Waals surface area contributed by atoms with Crippen molar-refractivity contribution in [2.24, 2.45) is 5.73 Å². The second-order valence-electron chi connectivity index (χ2n) is 3.90. The lowest BCUT2D eigenvalue weighted by molar-refractivity contribution is -0.123. The molecule has 0 radical (unpaired) electrons. The van der Waals surface area contributed by atoms with Crippen molar-refractivity contribution in [3.63, 3.8) is 0 Å². The summed E-state index contributed by atoms with van der Waals surface area (Å²) in [5.41, 5.74) is 5.86. The summed E-state index contributed by atoms with van der Waals surface area (Å²) in [4.78, 5) is 33.7. The van der Waals surface area contributed by atoms with Crippen LogP contribution in [0.3, 0.4) is 0 Å². The predicted molar refractivity (Wildman–Crippen MR) is 83.7 cm³/mol. The van der Waals surface area contributed by atoms with Crippen molar-refractivity contribution in [2.75, 3.05) is 23.7 Å². The lowest BCUT2D eigenvalue weighted by atomic mass is 10.2. The number of nitrogens with two attached hydrogens (primary N) is 1. The molecule has 1 aromatic carbocycles. The van der Waals surface area contributed by atoms with Gasteiger partial charge in [0.25, 0.3) is 0 Å². The van der Waals surface area contributed by atoms with Crippen LogP contribution in [0.15, 0.2) is 18.2 Å². The van der Waals surface area contributed by atoms with E-state index in [-0.39, 0.29) is 31.4 Å². The fourth-order valence-corrected chi connectivity index (χ4v) is 1.54. The Kier molecular flexibility index (Phi) is 8.37. The number of carbonyl (C=O) groups is 3. The summed E-state index contributed by atoms with van der Waals surface area (Å²) >= 11 is 5.84. The van der Waals surface area contributed by atoms with Gasteiger partial charge in [0, 0.05) is 11.9 Å². The summed E-state index contributed by atoms with van der Waals surface area (Å²) in [7, 11) is 0. The molecule has 0 saturated carbocycles. The first-order chi connectivity index (χ1) is 9.42. The molecule has 9 heteroatoms. The van der Waals surface area contributed by atoms with Crippen molar-refractivity contribution < 1.29 is 14.4 Å². The number of amides is 3. The summed E-state index contributed by atoms with van der Waals surface area (Å²) in [6.45, 7) is 0.936. The maximum Gasteiger partial charge on any atom is 0.243 e. The summed E-state index contributed by atoms with van der Waals surface area (Å²) in [6, 6.07) is 4.64. The van der Waals surface area contributed by atoms with Crippen LogP contribution >= 0.6 is 24.0 Å². The fraction of sp³-hybridized carbons (Fsp3) is 0.250. The van der Waals surface area contributed by atoms with E-state index in [0.29, 0.717) is 16.4 Å². The molecule has 0 spiro atoms. The molecule has 21 heavy (non-hydrogen) atoms. The third-order valence-electron chi connectivity index (χ3n) is 2.20. The van der Waals surface area contributed by atoms with Crippen LogP contribution in [-0.2, 0) is 14.4 Å². The monoisotopic (exact) mass is 334 g/mol. The van der Waals surface area contributed by atoms with E-state index in [4.69, 9.17) is 17.3 Å². The van der Waals surface area contributed by atoms with Gasteiger partial charge < -0.3 is 21.7 Å². The van der Waals surface area contributed by atoms with Crippen LogP contribution in [0.25, 0.3) is 0 Å². The molecule has 0 aliphatic rings. The van der Waals surface area contributed by atoms with E-state index in [0.717, 1.165) is 0 Å². The van der Waals surface area contributed by atoms with Crippen molar-refractivity contribution in [1.29, 1.82) is 0 Å². The molecule has 5 N–H and O–H groups in total. The van der Waals surface area contributed by atoms with E-state index < -0.39 is 11.8 Å². The van der Waals surface area contributed by atoms with Gasteiger partial charge in [0.2, 0.25) is 17.7 Å². The standard InChI is InChI=1S/C12H15ClN4O3.ClH/c1-7(18)16-9-3-2-8(13)4-10(9)17-12(20)6-15-11(19)5-14;/h2-4H,5-6,14H2,1H3,(H,15,19)(H,16,18)(H,17,20);1H. The highest BCUT2D eigenvalue weighted by molar-refractivity contribution is 6.31. The zero-order valence-corrected chi connectivity index (χ0v) is 12.8. The molecule has 0 atom stereocenters. The number of nitrogens with one attached hydrogen (secondary N) is 3. The van der Waals surface area contributed by atoms with E-state index in [2.05, 4.69) is 16.0 Å². The van der Waals surface area contributed by atoms with E-state index in [1.807, 2.05) is 0 Å². The summed E-state index contributed by atoms with van der Waals surface area (Å²) in [6.07, 6.45) is 0. The van der Waals surface area contributed by atoms with Gasteiger partial charge in [-0.15, -0.1) is 12.4 Å². The average Bonchev–Trinajstić information content (AvgIpc) is 2.38. The Morgan fingerprint density at radius 2 is 1.81 bits per heavy atom. The topological polar surface area (TPSA) is 113 Å². The summed E-state index contributed by atoms with van der Waals surface area (Å²) < 4.78 is 0. The number of carbonyl (C=O) groups excluding carboxylic acids is 3. The van der Waals surface area contributed by atoms with Gasteiger partial charge in [-0.3, -0.25) is 14.4 Å². The molecule has 7 nitrogen and oxygen atoms in total. The first-order valence-electron chi connectivity index (χ1n) is 5.76. The third-order valence-corrected chi connectivity index (χ3v) is 2.43. The van der Waals surface area contributed by atoms with Crippen molar-refractivity contribution in [3.05, 3.63) is 23.2 Å². The van der Waals surface area contributed by atoms with Gasteiger partial charge in [0.1, 0.15) is 0 Å². The number of halogens is 2. The molecular weight excluding hydrogens is 319 g/mol. The van der Waals surface area contributed by atoms with Crippen molar-refractivity contribution in [1.82, 2.24) is 5.32 Å². The largest absolute Gasteiger partial charge is 0.346 e.